The summed E-state index contributed by atoms with van der Waals surface area (Å²) in [5.41, 5.74) is 13.4. The number of nitrogens with zero attached hydrogens (tertiary/aromatic N) is 3. The van der Waals surface area contributed by atoms with Crippen LogP contribution in [0.5, 0.6) is 0 Å². The van der Waals surface area contributed by atoms with Crippen LogP contribution < -0.4 is 14.0 Å². The molecule has 3 heterocycles. The average molecular weight is 1380 g/mol. The number of halogens is 2. The van der Waals surface area contributed by atoms with Crippen LogP contribution in [0.15, 0.2) is 199 Å². The van der Waals surface area contributed by atoms with Crippen molar-refractivity contribution >= 4 is 158 Å². The maximum Gasteiger partial charge on any atom is 0.425 e. The summed E-state index contributed by atoms with van der Waals surface area (Å²) in [6, 6.07) is 37.4. The number of anilines is 2. The monoisotopic (exact) mass is 1380 g/mol. The third-order valence-electron chi connectivity index (χ3n) is 14.3. The molecule has 90 heavy (non-hydrogen) atoms. The summed E-state index contributed by atoms with van der Waals surface area (Å²) in [7, 11) is -17.1. The zero-order valence-electron chi connectivity index (χ0n) is 47.2. The lowest BCUT2D eigenvalue weighted by molar-refractivity contribution is -0.617. The number of aliphatic hydroxyl groups is 1. The van der Waals surface area contributed by atoms with Gasteiger partial charge in [-0.1, -0.05) is 96.0 Å². The summed E-state index contributed by atoms with van der Waals surface area (Å²) < 4.78 is 181. The highest BCUT2D eigenvalue weighted by Gasteiger charge is 2.26. The van der Waals surface area contributed by atoms with Gasteiger partial charge in [-0.2, -0.15) is 26.0 Å². The summed E-state index contributed by atoms with van der Waals surface area (Å²) in [4.78, 5) is 11.6. The SMILES string of the molecule is CN1c2ccccc2C(=C/C=C2\CCC(/C=C/c3c4cc(S(=O)(=O)O)ccc4[n+](C)c4ccc(S(=O)(=O)O)cc34)=C2Cl)c2ccccc21.Cc1c2ccccc2[n+](C)c2ccc(S(=O)(=O)[O-])cc12.O=CC1=C(Cl)/C(=C\O)CC1.O=S(=O)=O.O=S(=O)=O.O=S(=O)=O. The maximum absolute atomic E-state index is 12.1. The van der Waals surface area contributed by atoms with Gasteiger partial charge in [-0.3, -0.25) is 13.9 Å². The Kier molecular flexibility index (Phi) is 23.5. The van der Waals surface area contributed by atoms with E-state index < -0.39 is 62.2 Å². The van der Waals surface area contributed by atoms with E-state index in [1.165, 1.54) is 36.4 Å². The van der Waals surface area contributed by atoms with Gasteiger partial charge < -0.3 is 14.6 Å². The third kappa shape index (κ3) is 17.1. The first-order valence-corrected chi connectivity index (χ1v) is 33.8. The van der Waals surface area contributed by atoms with Crippen molar-refractivity contribution in [1.82, 2.24) is 0 Å². The number of pyridine rings is 2. The molecule has 0 radical (unpaired) electrons. The van der Waals surface area contributed by atoms with Crippen LogP contribution in [-0.4, -0.2) is 95.2 Å². The van der Waals surface area contributed by atoms with E-state index in [0.717, 1.165) is 79.1 Å². The lowest BCUT2D eigenvalue weighted by atomic mass is 9.90. The molecule has 11 rings (SSSR count). The van der Waals surface area contributed by atoms with Crippen LogP contribution in [0.2, 0.25) is 0 Å². The molecule has 0 amide bonds. The molecule has 3 N–H and O–H groups in total. The fourth-order valence-corrected chi connectivity index (χ4v) is 12.3. The number of aliphatic hydroxyl groups excluding tert-OH is 1. The van der Waals surface area contributed by atoms with Gasteiger partial charge in [0, 0.05) is 80.9 Å². The molecule has 3 aliphatic rings. The molecule has 6 aromatic carbocycles. The zero-order valence-corrected chi connectivity index (χ0v) is 53.7. The number of aryl methyl sites for hydroxylation is 3. The van der Waals surface area contributed by atoms with Crippen LogP contribution in [-0.2, 0) is 81.1 Å². The number of hydrogen-bond donors (Lipinski definition) is 3. The fourth-order valence-electron chi connectivity index (χ4n) is 10.2. The minimum absolute atomic E-state index is 0.191. The van der Waals surface area contributed by atoms with E-state index in [0.29, 0.717) is 74.3 Å². The minimum Gasteiger partial charge on any atom is -0.744 e. The van der Waals surface area contributed by atoms with E-state index in [2.05, 4.69) is 48.4 Å². The third-order valence-corrected chi connectivity index (χ3v) is 17.8. The molecule has 0 unspecified atom stereocenters. The summed E-state index contributed by atoms with van der Waals surface area (Å²) in [6.45, 7) is 1.94. The number of benzene rings is 6. The van der Waals surface area contributed by atoms with E-state index in [-0.39, 0.29) is 14.7 Å². The van der Waals surface area contributed by atoms with Gasteiger partial charge in [0.1, 0.15) is 30.5 Å². The second kappa shape index (κ2) is 29.9. The van der Waals surface area contributed by atoms with Crippen molar-refractivity contribution < 1.29 is 95.8 Å². The Morgan fingerprint density at radius 3 is 1.37 bits per heavy atom. The van der Waals surface area contributed by atoms with Crippen molar-refractivity contribution in [1.29, 1.82) is 0 Å². The number of allylic oxidation sites excluding steroid dienone is 9. The van der Waals surface area contributed by atoms with Gasteiger partial charge in [-0.25, -0.2) is 8.42 Å². The molecule has 2 aromatic heterocycles. The van der Waals surface area contributed by atoms with Crippen LogP contribution in [0.1, 0.15) is 47.9 Å². The fraction of sp³-hybridized carbons (Fsp3) is 0.136. The van der Waals surface area contributed by atoms with Crippen molar-refractivity contribution in [3.05, 3.63) is 206 Å². The maximum atomic E-state index is 12.1. The van der Waals surface area contributed by atoms with E-state index in [4.69, 9.17) is 66.2 Å². The first-order valence-electron chi connectivity index (χ1n) is 25.7. The van der Waals surface area contributed by atoms with Gasteiger partial charge in [0.15, 0.2) is 0 Å². The van der Waals surface area contributed by atoms with E-state index in [1.807, 2.05) is 73.1 Å². The predicted molar refractivity (Wildman–Crippen MR) is 333 cm³/mol. The summed E-state index contributed by atoms with van der Waals surface area (Å²) in [6.07, 6.45) is 12.2. The first-order chi connectivity index (χ1) is 42.2. The van der Waals surface area contributed by atoms with Gasteiger partial charge in [0.25, 0.3) is 20.2 Å². The molecule has 0 saturated carbocycles. The van der Waals surface area contributed by atoms with Crippen molar-refractivity contribution in [2.24, 2.45) is 14.1 Å². The van der Waals surface area contributed by atoms with Gasteiger partial charge >= 0.3 is 31.8 Å². The standard InChI is InChI=1S/C37H29ClN2O6S2.C15H13NO3S.C7H7ClO2.3O3S/c1-39-33-9-5-3-7-29(33)27(30-8-4-6-10-34(30)39)17-13-23-11-12-24(37(23)38)14-18-28-31-21-25(47(41,42)43)15-19-35(31)40(2)36-20-16-26(22-32(28)36)48(44,45)46;1-10-12-5-3-4-6-14(12)16(2)15-8-7-11(9-13(10)15)20(17,18)19;8-7-5(3-9)1-2-6(7)4-10;3*1-4(2)3/h3-10,13-22H,11-12H2,1-2H3,(H-,41,42,43,44,45,46);3-9H,1-2H3;3-4,9H,1-2H2;;;/p+1/b;;5-3-;;;. The van der Waals surface area contributed by atoms with Crippen molar-refractivity contribution in [3.8, 4) is 0 Å². The summed E-state index contributed by atoms with van der Waals surface area (Å²) in [5.74, 6) is 0. The van der Waals surface area contributed by atoms with Crippen LogP contribution >= 0.6 is 23.2 Å². The smallest absolute Gasteiger partial charge is 0.425 e. The van der Waals surface area contributed by atoms with Crippen molar-refractivity contribution in [2.45, 2.75) is 47.3 Å². The number of rotatable bonds is 7. The highest BCUT2D eigenvalue weighted by atomic mass is 35.5. The zero-order chi connectivity index (χ0) is 66.7. The topological polar surface area (TPSA) is 368 Å². The number of aromatic nitrogens is 2. The van der Waals surface area contributed by atoms with Crippen LogP contribution in [0.3, 0.4) is 0 Å². The molecule has 8 aromatic rings. The average Bonchev–Trinajstić information content (AvgIpc) is 0.942. The second-order valence-electron chi connectivity index (χ2n) is 19.4. The summed E-state index contributed by atoms with van der Waals surface area (Å²) >= 11 is 12.6. The largest absolute Gasteiger partial charge is 0.744 e. The highest BCUT2D eigenvalue weighted by molar-refractivity contribution is 7.86. The Morgan fingerprint density at radius 1 is 0.522 bits per heavy atom. The molecule has 23 nitrogen and oxygen atoms in total. The van der Waals surface area contributed by atoms with Gasteiger partial charge in [0.2, 0.25) is 22.1 Å². The molecule has 0 atom stereocenters. The molecule has 31 heteroatoms. The Bertz CT molecular complexity index is 4960. The predicted octanol–water partition coefficient (Wildman–Crippen LogP) is 8.68. The molecule has 1 aliphatic heterocycles. The molecule has 0 spiro atoms. The number of fused-ring (bicyclic) bond motifs is 6. The number of carbonyl (C=O) groups excluding carboxylic acids is 1. The molecular formula is C59H50Cl2N3O20S6+. The lowest BCUT2D eigenvalue weighted by Gasteiger charge is -2.31. The minimum atomic E-state index is -4.53. The van der Waals surface area contributed by atoms with Gasteiger partial charge in [-0.05, 0) is 109 Å². The van der Waals surface area contributed by atoms with Crippen LogP contribution in [0.4, 0.5) is 11.4 Å². The van der Waals surface area contributed by atoms with E-state index in [1.54, 1.807) is 35.9 Å². The van der Waals surface area contributed by atoms with Crippen LogP contribution in [0.25, 0.3) is 55.3 Å². The van der Waals surface area contributed by atoms with E-state index >= 15 is 0 Å². The second-order valence-corrected chi connectivity index (χ2v) is 25.6. The summed E-state index contributed by atoms with van der Waals surface area (Å²) in [5, 5.41) is 12.3. The molecule has 2 aliphatic carbocycles. The van der Waals surface area contributed by atoms with Crippen LogP contribution in [0, 0.1) is 6.92 Å². The Morgan fingerprint density at radius 2 is 0.922 bits per heavy atom. The normalized spacial score (nSPS) is 14.5. The Balaban J connectivity index is 0.000000248. The van der Waals surface area contributed by atoms with Crippen molar-refractivity contribution in [2.75, 3.05) is 11.9 Å². The van der Waals surface area contributed by atoms with Gasteiger partial charge in [-0.15, -0.1) is 37.9 Å². The first kappa shape index (κ1) is 70.6. The lowest BCUT2D eigenvalue weighted by Crippen LogP contribution is -2.30. The highest BCUT2D eigenvalue weighted by Crippen LogP contribution is 2.45. The molecule has 0 fully saturated rings. The molecular weight excluding hydrogens is 1330 g/mol. The van der Waals surface area contributed by atoms with Gasteiger partial charge in [0.05, 0.1) is 42.1 Å². The number of hydrogen-bond acceptors (Lipinski definition) is 19. The Labute approximate surface area is 530 Å². The molecule has 0 saturated heterocycles. The molecule has 470 valence electrons. The number of carbonyl (C=O) groups is 1. The van der Waals surface area contributed by atoms with Crippen molar-refractivity contribution in [3.63, 3.8) is 0 Å². The molecule has 0 bridgehead atoms. The Hall–Kier alpha value is -8.46. The number of para-hydroxylation sites is 3. The quantitative estimate of drug-likeness (QED) is 0.0441. The number of aldehydes is 1. The van der Waals surface area contributed by atoms with E-state index in [9.17, 15) is 43.7 Å².